The Morgan fingerprint density at radius 2 is 2.11 bits per heavy atom. The zero-order valence-corrected chi connectivity index (χ0v) is 12.4. The van der Waals surface area contributed by atoms with E-state index in [1.807, 2.05) is 26.0 Å². The van der Waals surface area contributed by atoms with E-state index in [1.54, 1.807) is 6.07 Å². The minimum atomic E-state index is -0.718. The van der Waals surface area contributed by atoms with Gasteiger partial charge < -0.3 is 5.11 Å². The lowest BCUT2D eigenvalue weighted by atomic mass is 9.99. The lowest BCUT2D eigenvalue weighted by Gasteiger charge is -2.25. The zero-order valence-electron chi connectivity index (χ0n) is 10.9. The molecule has 5 heteroatoms. The fraction of sp³-hybridized carbons (Fsp3) is 0.500. The number of nitrogens with zero attached hydrogens (tertiary/aromatic N) is 1. The van der Waals surface area contributed by atoms with E-state index < -0.39 is 5.97 Å². The maximum atomic E-state index is 11.2. The second kappa shape index (κ2) is 5.70. The summed E-state index contributed by atoms with van der Waals surface area (Å²) < 4.78 is 0. The molecule has 1 heterocycles. The molecule has 1 aromatic rings. The Morgan fingerprint density at radius 3 is 2.63 bits per heavy atom. The third kappa shape index (κ3) is 3.04. The first-order valence-electron chi connectivity index (χ1n) is 6.32. The molecule has 104 valence electrons. The van der Waals surface area contributed by atoms with E-state index in [-0.39, 0.29) is 17.9 Å². The molecule has 2 rings (SSSR count). The van der Waals surface area contributed by atoms with Crippen LogP contribution in [0.1, 0.15) is 25.5 Å². The van der Waals surface area contributed by atoms with Crippen LogP contribution in [0.3, 0.4) is 0 Å². The molecule has 0 radical (unpaired) electrons. The van der Waals surface area contributed by atoms with Gasteiger partial charge in [0, 0.05) is 29.2 Å². The third-order valence-corrected chi connectivity index (χ3v) is 4.48. The largest absolute Gasteiger partial charge is 0.481 e. The van der Waals surface area contributed by atoms with Crippen LogP contribution < -0.4 is 0 Å². The first-order chi connectivity index (χ1) is 8.90. The Bertz CT molecular complexity index is 492. The minimum absolute atomic E-state index is 0.0940. The minimum Gasteiger partial charge on any atom is -0.481 e. The highest BCUT2D eigenvalue weighted by molar-refractivity contribution is 6.35. The van der Waals surface area contributed by atoms with Gasteiger partial charge in [0.25, 0.3) is 0 Å². The predicted octanol–water partition coefficient (Wildman–Crippen LogP) is 3.71. The Labute approximate surface area is 123 Å². The zero-order chi connectivity index (χ0) is 14.2. The first kappa shape index (κ1) is 14.6. The van der Waals surface area contributed by atoms with Crippen molar-refractivity contribution in [2.75, 3.05) is 13.1 Å². The molecule has 1 fully saturated rings. The monoisotopic (exact) mass is 301 g/mol. The summed E-state index contributed by atoms with van der Waals surface area (Å²) in [6.07, 6.45) is 0. The van der Waals surface area contributed by atoms with Gasteiger partial charge in [0.2, 0.25) is 0 Å². The van der Waals surface area contributed by atoms with Gasteiger partial charge in [0.1, 0.15) is 0 Å². The SMILES string of the molecule is CC(c1ccc(Cl)cc1Cl)N1C[C@@H](C)[C@H](C(=O)O)C1. The lowest BCUT2D eigenvalue weighted by molar-refractivity contribution is -0.142. The van der Waals surface area contributed by atoms with Gasteiger partial charge in [0.05, 0.1) is 5.92 Å². The van der Waals surface area contributed by atoms with Gasteiger partial charge in [-0.3, -0.25) is 9.69 Å². The summed E-state index contributed by atoms with van der Waals surface area (Å²) in [7, 11) is 0. The number of benzene rings is 1. The van der Waals surface area contributed by atoms with E-state index in [4.69, 9.17) is 23.2 Å². The molecule has 3 nitrogen and oxygen atoms in total. The summed E-state index contributed by atoms with van der Waals surface area (Å²) in [5.41, 5.74) is 0.990. The van der Waals surface area contributed by atoms with Crippen molar-refractivity contribution >= 4 is 29.2 Å². The number of halogens is 2. The van der Waals surface area contributed by atoms with E-state index >= 15 is 0 Å². The Balaban J connectivity index is 2.17. The Hall–Kier alpha value is -0.770. The highest BCUT2D eigenvalue weighted by Crippen LogP contribution is 2.34. The predicted molar refractivity (Wildman–Crippen MR) is 76.7 cm³/mol. The van der Waals surface area contributed by atoms with Gasteiger partial charge in [-0.2, -0.15) is 0 Å². The first-order valence-corrected chi connectivity index (χ1v) is 7.07. The molecule has 1 N–H and O–H groups in total. The molecule has 3 atom stereocenters. The van der Waals surface area contributed by atoms with Crippen LogP contribution in [-0.4, -0.2) is 29.1 Å². The van der Waals surface area contributed by atoms with Crippen molar-refractivity contribution in [3.63, 3.8) is 0 Å². The number of likely N-dealkylation sites (tertiary alicyclic amines) is 1. The topological polar surface area (TPSA) is 40.5 Å². The van der Waals surface area contributed by atoms with E-state index in [0.29, 0.717) is 16.6 Å². The van der Waals surface area contributed by atoms with Gasteiger partial charge in [-0.05, 0) is 30.5 Å². The number of rotatable bonds is 3. The van der Waals surface area contributed by atoms with E-state index in [1.165, 1.54) is 0 Å². The van der Waals surface area contributed by atoms with Crippen molar-refractivity contribution < 1.29 is 9.90 Å². The van der Waals surface area contributed by atoms with E-state index in [0.717, 1.165) is 12.1 Å². The van der Waals surface area contributed by atoms with Crippen molar-refractivity contribution in [1.82, 2.24) is 4.90 Å². The highest BCUT2D eigenvalue weighted by atomic mass is 35.5. The third-order valence-electron chi connectivity index (χ3n) is 3.92. The van der Waals surface area contributed by atoms with Gasteiger partial charge in [-0.25, -0.2) is 0 Å². The number of aliphatic carboxylic acids is 1. The number of carbonyl (C=O) groups is 1. The normalized spacial score (nSPS) is 25.5. The Morgan fingerprint density at radius 1 is 1.42 bits per heavy atom. The van der Waals surface area contributed by atoms with E-state index in [9.17, 15) is 9.90 Å². The molecule has 1 saturated heterocycles. The molecule has 1 aromatic carbocycles. The van der Waals surface area contributed by atoms with Gasteiger partial charge in [0.15, 0.2) is 0 Å². The lowest BCUT2D eigenvalue weighted by Crippen LogP contribution is -2.26. The van der Waals surface area contributed by atoms with Gasteiger partial charge in [-0.1, -0.05) is 36.2 Å². The van der Waals surface area contributed by atoms with Crippen LogP contribution in [0.25, 0.3) is 0 Å². The summed E-state index contributed by atoms with van der Waals surface area (Å²) in [5.74, 6) is -0.857. The van der Waals surface area contributed by atoms with Crippen LogP contribution in [0, 0.1) is 11.8 Å². The van der Waals surface area contributed by atoms with E-state index in [2.05, 4.69) is 4.90 Å². The van der Waals surface area contributed by atoms with Gasteiger partial charge in [-0.15, -0.1) is 0 Å². The second-order valence-electron chi connectivity index (χ2n) is 5.22. The summed E-state index contributed by atoms with van der Waals surface area (Å²) in [5, 5.41) is 10.4. The molecule has 0 aliphatic carbocycles. The number of hydrogen-bond donors (Lipinski definition) is 1. The fourth-order valence-corrected chi connectivity index (χ4v) is 3.25. The molecule has 0 spiro atoms. The summed E-state index contributed by atoms with van der Waals surface area (Å²) in [6.45, 7) is 5.37. The molecule has 1 aliphatic heterocycles. The summed E-state index contributed by atoms with van der Waals surface area (Å²) >= 11 is 12.1. The van der Waals surface area contributed by atoms with Crippen LogP contribution in [0.5, 0.6) is 0 Å². The van der Waals surface area contributed by atoms with Crippen LogP contribution in [0.4, 0.5) is 0 Å². The number of carboxylic acid groups (broad SMARTS) is 1. The van der Waals surface area contributed by atoms with Crippen molar-refractivity contribution in [2.24, 2.45) is 11.8 Å². The summed E-state index contributed by atoms with van der Waals surface area (Å²) in [6, 6.07) is 5.54. The number of hydrogen-bond acceptors (Lipinski definition) is 2. The Kier molecular flexibility index (Phi) is 4.39. The van der Waals surface area contributed by atoms with Crippen molar-refractivity contribution in [3.8, 4) is 0 Å². The molecular formula is C14H17Cl2NO2. The van der Waals surface area contributed by atoms with Crippen molar-refractivity contribution in [2.45, 2.75) is 19.9 Å². The van der Waals surface area contributed by atoms with Crippen LogP contribution in [0.15, 0.2) is 18.2 Å². The molecule has 1 aliphatic rings. The van der Waals surface area contributed by atoms with Crippen LogP contribution in [0.2, 0.25) is 10.0 Å². The average molecular weight is 302 g/mol. The molecule has 0 aromatic heterocycles. The number of carboxylic acids is 1. The molecule has 0 amide bonds. The molecule has 1 unspecified atom stereocenters. The standard InChI is InChI=1S/C14H17Cl2NO2/c1-8-6-17(7-12(8)14(18)19)9(2)11-4-3-10(15)5-13(11)16/h3-5,8-9,12H,6-7H2,1-2H3,(H,18,19)/t8-,9?,12-/m1/s1. The molecule has 0 bridgehead atoms. The van der Waals surface area contributed by atoms with Gasteiger partial charge >= 0.3 is 5.97 Å². The average Bonchev–Trinajstić information content (AvgIpc) is 2.70. The quantitative estimate of drug-likeness (QED) is 0.925. The van der Waals surface area contributed by atoms with Crippen LogP contribution in [-0.2, 0) is 4.79 Å². The summed E-state index contributed by atoms with van der Waals surface area (Å²) in [4.78, 5) is 13.3. The van der Waals surface area contributed by atoms with Crippen molar-refractivity contribution in [1.29, 1.82) is 0 Å². The maximum absolute atomic E-state index is 11.2. The second-order valence-corrected chi connectivity index (χ2v) is 6.06. The van der Waals surface area contributed by atoms with Crippen LogP contribution >= 0.6 is 23.2 Å². The smallest absolute Gasteiger partial charge is 0.308 e. The highest BCUT2D eigenvalue weighted by Gasteiger charge is 2.37. The maximum Gasteiger partial charge on any atom is 0.308 e. The molecule has 19 heavy (non-hydrogen) atoms. The van der Waals surface area contributed by atoms with Crippen molar-refractivity contribution in [3.05, 3.63) is 33.8 Å². The fourth-order valence-electron chi connectivity index (χ4n) is 2.68. The molecule has 0 saturated carbocycles. The molecular weight excluding hydrogens is 285 g/mol.